The maximum atomic E-state index is 12.6. The van der Waals surface area contributed by atoms with Crippen LogP contribution in [0.3, 0.4) is 0 Å². The van der Waals surface area contributed by atoms with Gasteiger partial charge in [-0.05, 0) is 47.3 Å². The predicted molar refractivity (Wildman–Crippen MR) is 86.9 cm³/mol. The standard InChI is InChI=1S/C18H17NO3/c1-21-15-5-3-13(4-6-15)12-19-10-9-14-11-16(22-2)7-8-17(14)18(19)20/h3-11H,12H2,1-2H3. The quantitative estimate of drug-likeness (QED) is 0.742. The van der Waals surface area contributed by atoms with Gasteiger partial charge in [-0.2, -0.15) is 0 Å². The molecular formula is C18H17NO3. The van der Waals surface area contributed by atoms with Crippen LogP contribution in [0.2, 0.25) is 0 Å². The van der Waals surface area contributed by atoms with Crippen molar-refractivity contribution in [3.63, 3.8) is 0 Å². The van der Waals surface area contributed by atoms with Gasteiger partial charge in [0.1, 0.15) is 11.5 Å². The van der Waals surface area contributed by atoms with E-state index in [0.29, 0.717) is 11.9 Å². The largest absolute Gasteiger partial charge is 0.497 e. The van der Waals surface area contributed by atoms with E-state index in [2.05, 4.69) is 0 Å². The minimum absolute atomic E-state index is 0.00373. The molecule has 0 saturated carbocycles. The van der Waals surface area contributed by atoms with Gasteiger partial charge >= 0.3 is 0 Å². The smallest absolute Gasteiger partial charge is 0.258 e. The summed E-state index contributed by atoms with van der Waals surface area (Å²) in [7, 11) is 3.25. The number of benzene rings is 2. The number of aromatic nitrogens is 1. The Hall–Kier alpha value is -2.75. The number of nitrogens with zero attached hydrogens (tertiary/aromatic N) is 1. The third-order valence-electron chi connectivity index (χ3n) is 3.70. The number of rotatable bonds is 4. The van der Waals surface area contributed by atoms with Crippen molar-refractivity contribution in [3.05, 3.63) is 70.6 Å². The van der Waals surface area contributed by atoms with E-state index in [0.717, 1.165) is 22.4 Å². The fourth-order valence-corrected chi connectivity index (χ4v) is 2.45. The van der Waals surface area contributed by atoms with E-state index in [-0.39, 0.29) is 5.56 Å². The summed E-state index contributed by atoms with van der Waals surface area (Å²) in [6, 6.07) is 15.1. The number of methoxy groups -OCH3 is 2. The van der Waals surface area contributed by atoms with Gasteiger partial charge in [-0.3, -0.25) is 4.79 Å². The van der Waals surface area contributed by atoms with E-state index in [4.69, 9.17) is 9.47 Å². The van der Waals surface area contributed by atoms with Gasteiger partial charge in [0.05, 0.1) is 20.8 Å². The van der Waals surface area contributed by atoms with Crippen molar-refractivity contribution in [2.24, 2.45) is 0 Å². The number of pyridine rings is 1. The lowest BCUT2D eigenvalue weighted by Gasteiger charge is -2.09. The van der Waals surface area contributed by atoms with Crippen molar-refractivity contribution in [1.82, 2.24) is 4.57 Å². The number of hydrogen-bond donors (Lipinski definition) is 0. The van der Waals surface area contributed by atoms with E-state index in [9.17, 15) is 4.79 Å². The van der Waals surface area contributed by atoms with Crippen LogP contribution in [0.15, 0.2) is 59.5 Å². The second kappa shape index (κ2) is 5.93. The third-order valence-corrected chi connectivity index (χ3v) is 3.70. The molecule has 0 atom stereocenters. The van der Waals surface area contributed by atoms with Crippen LogP contribution in [0.4, 0.5) is 0 Å². The van der Waals surface area contributed by atoms with Crippen molar-refractivity contribution < 1.29 is 9.47 Å². The summed E-state index contributed by atoms with van der Waals surface area (Å²) in [5.74, 6) is 1.56. The molecule has 2 aromatic carbocycles. The lowest BCUT2D eigenvalue weighted by Crippen LogP contribution is -2.19. The average Bonchev–Trinajstić information content (AvgIpc) is 2.57. The summed E-state index contributed by atoms with van der Waals surface area (Å²) >= 11 is 0. The Bertz CT molecular complexity index is 850. The Morgan fingerprint density at radius 2 is 1.59 bits per heavy atom. The lowest BCUT2D eigenvalue weighted by molar-refractivity contribution is 0.414. The highest BCUT2D eigenvalue weighted by Gasteiger charge is 2.05. The van der Waals surface area contributed by atoms with Crippen LogP contribution < -0.4 is 15.0 Å². The normalized spacial score (nSPS) is 10.6. The minimum Gasteiger partial charge on any atom is -0.497 e. The molecular weight excluding hydrogens is 278 g/mol. The van der Waals surface area contributed by atoms with Crippen molar-refractivity contribution >= 4 is 10.8 Å². The molecule has 0 aliphatic rings. The molecule has 4 nitrogen and oxygen atoms in total. The molecule has 0 unspecified atom stereocenters. The number of fused-ring (bicyclic) bond motifs is 1. The first-order valence-electron chi connectivity index (χ1n) is 7.01. The fourth-order valence-electron chi connectivity index (χ4n) is 2.45. The van der Waals surface area contributed by atoms with Crippen LogP contribution in [0.1, 0.15) is 5.56 Å². The van der Waals surface area contributed by atoms with Gasteiger partial charge in [0, 0.05) is 11.6 Å². The first-order chi connectivity index (χ1) is 10.7. The molecule has 0 radical (unpaired) electrons. The van der Waals surface area contributed by atoms with E-state index >= 15 is 0 Å². The highest BCUT2D eigenvalue weighted by Crippen LogP contribution is 2.18. The molecule has 0 saturated heterocycles. The van der Waals surface area contributed by atoms with Crippen LogP contribution in [-0.4, -0.2) is 18.8 Å². The SMILES string of the molecule is COc1ccc(Cn2ccc3cc(OC)ccc3c2=O)cc1. The molecule has 4 heteroatoms. The summed E-state index contributed by atoms with van der Waals surface area (Å²) < 4.78 is 12.0. The molecule has 22 heavy (non-hydrogen) atoms. The van der Waals surface area contributed by atoms with Crippen molar-refractivity contribution in [2.75, 3.05) is 14.2 Å². The van der Waals surface area contributed by atoms with E-state index in [1.165, 1.54) is 0 Å². The van der Waals surface area contributed by atoms with Crippen molar-refractivity contribution in [1.29, 1.82) is 0 Å². The van der Waals surface area contributed by atoms with Crippen LogP contribution in [0, 0.1) is 0 Å². The molecule has 0 bridgehead atoms. The zero-order chi connectivity index (χ0) is 15.5. The highest BCUT2D eigenvalue weighted by atomic mass is 16.5. The zero-order valence-corrected chi connectivity index (χ0v) is 12.6. The van der Waals surface area contributed by atoms with Crippen molar-refractivity contribution in [2.45, 2.75) is 6.54 Å². The summed E-state index contributed by atoms with van der Waals surface area (Å²) in [5.41, 5.74) is 1.05. The molecule has 0 aliphatic heterocycles. The molecule has 0 fully saturated rings. The fraction of sp³-hybridized carbons (Fsp3) is 0.167. The second-order valence-electron chi connectivity index (χ2n) is 5.05. The Morgan fingerprint density at radius 3 is 2.27 bits per heavy atom. The summed E-state index contributed by atoms with van der Waals surface area (Å²) in [4.78, 5) is 12.6. The minimum atomic E-state index is -0.00373. The molecule has 0 N–H and O–H groups in total. The number of hydrogen-bond acceptors (Lipinski definition) is 3. The van der Waals surface area contributed by atoms with Crippen LogP contribution in [-0.2, 0) is 6.54 Å². The first-order valence-corrected chi connectivity index (χ1v) is 7.01. The summed E-state index contributed by atoms with van der Waals surface area (Å²) in [6.45, 7) is 0.533. The molecule has 112 valence electrons. The van der Waals surface area contributed by atoms with Gasteiger partial charge in [0.15, 0.2) is 0 Å². The van der Waals surface area contributed by atoms with Gasteiger partial charge in [-0.15, -0.1) is 0 Å². The van der Waals surface area contributed by atoms with Gasteiger partial charge in [-0.25, -0.2) is 0 Å². The second-order valence-corrected chi connectivity index (χ2v) is 5.05. The maximum absolute atomic E-state index is 12.6. The molecule has 3 aromatic rings. The number of ether oxygens (including phenoxy) is 2. The molecule has 0 amide bonds. The summed E-state index contributed by atoms with van der Waals surface area (Å²) in [6.07, 6.45) is 1.81. The van der Waals surface area contributed by atoms with Gasteiger partial charge in [0.2, 0.25) is 0 Å². The maximum Gasteiger partial charge on any atom is 0.258 e. The lowest BCUT2D eigenvalue weighted by atomic mass is 10.1. The van der Waals surface area contributed by atoms with Crippen molar-refractivity contribution in [3.8, 4) is 11.5 Å². The third kappa shape index (κ3) is 2.68. The topological polar surface area (TPSA) is 40.5 Å². The molecule has 1 heterocycles. The Morgan fingerprint density at radius 1 is 0.909 bits per heavy atom. The monoisotopic (exact) mass is 295 g/mol. The van der Waals surface area contributed by atoms with Crippen LogP contribution in [0.5, 0.6) is 11.5 Å². The van der Waals surface area contributed by atoms with E-state index in [1.54, 1.807) is 30.9 Å². The highest BCUT2D eigenvalue weighted by molar-refractivity contribution is 5.82. The predicted octanol–water partition coefficient (Wildman–Crippen LogP) is 3.07. The molecule has 3 rings (SSSR count). The Kier molecular flexibility index (Phi) is 3.83. The first kappa shape index (κ1) is 14.2. The Balaban J connectivity index is 1.97. The molecule has 0 aliphatic carbocycles. The average molecular weight is 295 g/mol. The van der Waals surface area contributed by atoms with Crippen LogP contribution >= 0.6 is 0 Å². The van der Waals surface area contributed by atoms with E-state index < -0.39 is 0 Å². The Labute approximate surface area is 128 Å². The molecule has 0 spiro atoms. The zero-order valence-electron chi connectivity index (χ0n) is 12.6. The van der Waals surface area contributed by atoms with E-state index in [1.807, 2.05) is 42.6 Å². The van der Waals surface area contributed by atoms with Gasteiger partial charge in [-0.1, -0.05) is 12.1 Å². The van der Waals surface area contributed by atoms with Gasteiger partial charge < -0.3 is 14.0 Å². The molecule has 1 aromatic heterocycles. The summed E-state index contributed by atoms with van der Waals surface area (Å²) in [5, 5.41) is 1.58. The van der Waals surface area contributed by atoms with Gasteiger partial charge in [0.25, 0.3) is 5.56 Å². The van der Waals surface area contributed by atoms with Crippen LogP contribution in [0.25, 0.3) is 10.8 Å².